The number of alkyl halides is 3. The monoisotopic (exact) mass is 246 g/mol. The second-order valence-electron chi connectivity index (χ2n) is 4.37. The summed E-state index contributed by atoms with van der Waals surface area (Å²) in [7, 11) is -5.45. The first-order valence-corrected chi connectivity index (χ1v) is 5.97. The molecule has 1 atom stereocenters. The fraction of sp³-hybridized carbons (Fsp3) is 1.00. The molecule has 90 valence electrons. The Labute approximate surface area is 86.7 Å². The SMILES string of the molecule is CC1(C)CCCC1OS(=O)(=O)C(F)(F)F. The van der Waals surface area contributed by atoms with Crippen LogP contribution in [0.15, 0.2) is 0 Å². The molecule has 15 heavy (non-hydrogen) atoms. The van der Waals surface area contributed by atoms with Crippen LogP contribution in [0.4, 0.5) is 13.2 Å². The minimum absolute atomic E-state index is 0.350. The lowest BCUT2D eigenvalue weighted by Gasteiger charge is -2.26. The molecule has 0 heterocycles. The van der Waals surface area contributed by atoms with Gasteiger partial charge in [-0.3, -0.25) is 4.18 Å². The Kier molecular flexibility index (Phi) is 3.08. The first kappa shape index (κ1) is 12.8. The fourth-order valence-corrected chi connectivity index (χ4v) is 2.45. The molecule has 1 rings (SSSR count). The molecule has 0 aromatic heterocycles. The Morgan fingerprint density at radius 3 is 2.20 bits per heavy atom. The van der Waals surface area contributed by atoms with Crippen LogP contribution in [0.3, 0.4) is 0 Å². The van der Waals surface area contributed by atoms with Crippen LogP contribution in [0.1, 0.15) is 33.1 Å². The zero-order valence-corrected chi connectivity index (χ0v) is 9.28. The van der Waals surface area contributed by atoms with Gasteiger partial charge in [-0.15, -0.1) is 0 Å². The molecule has 0 bridgehead atoms. The first-order chi connectivity index (χ1) is 6.56. The molecule has 1 unspecified atom stereocenters. The van der Waals surface area contributed by atoms with Crippen molar-refractivity contribution in [1.82, 2.24) is 0 Å². The van der Waals surface area contributed by atoms with Gasteiger partial charge in [-0.1, -0.05) is 20.3 Å². The zero-order valence-electron chi connectivity index (χ0n) is 8.47. The summed E-state index contributed by atoms with van der Waals surface area (Å²) in [5.74, 6) is 0. The second-order valence-corrected chi connectivity index (χ2v) is 5.93. The molecule has 0 saturated heterocycles. The molecular formula is C8H13F3O3S. The van der Waals surface area contributed by atoms with Gasteiger partial charge in [-0.05, 0) is 18.3 Å². The summed E-state index contributed by atoms with van der Waals surface area (Å²) < 4.78 is 61.8. The van der Waals surface area contributed by atoms with E-state index >= 15 is 0 Å². The summed E-state index contributed by atoms with van der Waals surface area (Å²) in [6.45, 7) is 3.41. The molecule has 3 nitrogen and oxygen atoms in total. The van der Waals surface area contributed by atoms with E-state index < -0.39 is 27.1 Å². The summed E-state index contributed by atoms with van der Waals surface area (Å²) in [5.41, 5.74) is -5.84. The predicted molar refractivity (Wildman–Crippen MR) is 47.5 cm³/mol. The van der Waals surface area contributed by atoms with E-state index in [1.807, 2.05) is 0 Å². The van der Waals surface area contributed by atoms with Crippen molar-refractivity contribution in [3.63, 3.8) is 0 Å². The van der Waals surface area contributed by atoms with Gasteiger partial charge in [0.05, 0.1) is 6.10 Å². The Morgan fingerprint density at radius 2 is 1.87 bits per heavy atom. The summed E-state index contributed by atoms with van der Waals surface area (Å²) in [4.78, 5) is 0. The van der Waals surface area contributed by atoms with E-state index in [1.165, 1.54) is 0 Å². The van der Waals surface area contributed by atoms with Crippen molar-refractivity contribution in [2.75, 3.05) is 0 Å². The van der Waals surface area contributed by atoms with E-state index in [-0.39, 0.29) is 0 Å². The fourth-order valence-electron chi connectivity index (χ4n) is 1.68. The number of hydrogen-bond acceptors (Lipinski definition) is 3. The molecule has 1 fully saturated rings. The number of rotatable bonds is 2. The normalized spacial score (nSPS) is 26.9. The highest BCUT2D eigenvalue weighted by Crippen LogP contribution is 2.41. The van der Waals surface area contributed by atoms with Gasteiger partial charge in [0, 0.05) is 0 Å². The number of halogens is 3. The highest BCUT2D eigenvalue weighted by Gasteiger charge is 2.51. The average molecular weight is 246 g/mol. The van der Waals surface area contributed by atoms with Crippen LogP contribution in [-0.2, 0) is 14.3 Å². The van der Waals surface area contributed by atoms with Gasteiger partial charge >= 0.3 is 15.6 Å². The molecule has 0 radical (unpaired) electrons. The Balaban J connectivity index is 2.80. The van der Waals surface area contributed by atoms with Crippen LogP contribution in [0.25, 0.3) is 0 Å². The zero-order chi connectivity index (χ0) is 11.9. The van der Waals surface area contributed by atoms with Crippen molar-refractivity contribution in [2.45, 2.75) is 44.7 Å². The third-order valence-corrected chi connectivity index (χ3v) is 3.74. The molecular weight excluding hydrogens is 233 g/mol. The van der Waals surface area contributed by atoms with Gasteiger partial charge in [-0.2, -0.15) is 21.6 Å². The molecule has 0 amide bonds. The third-order valence-electron chi connectivity index (χ3n) is 2.69. The van der Waals surface area contributed by atoms with Crippen molar-refractivity contribution in [3.8, 4) is 0 Å². The lowest BCUT2D eigenvalue weighted by Crippen LogP contribution is -2.34. The maximum atomic E-state index is 12.0. The quantitative estimate of drug-likeness (QED) is 0.555. The van der Waals surface area contributed by atoms with Gasteiger partial charge in [0.15, 0.2) is 0 Å². The van der Waals surface area contributed by atoms with Gasteiger partial charge in [-0.25, -0.2) is 0 Å². The lowest BCUT2D eigenvalue weighted by atomic mass is 9.90. The largest absolute Gasteiger partial charge is 0.523 e. The average Bonchev–Trinajstić information content (AvgIpc) is 2.27. The predicted octanol–water partition coefficient (Wildman–Crippen LogP) is 2.43. The lowest BCUT2D eigenvalue weighted by molar-refractivity contribution is -0.0607. The Hall–Kier alpha value is -0.300. The molecule has 1 aliphatic carbocycles. The maximum Gasteiger partial charge on any atom is 0.523 e. The van der Waals surface area contributed by atoms with Crippen molar-refractivity contribution >= 4 is 10.1 Å². The van der Waals surface area contributed by atoms with Crippen LogP contribution in [0.2, 0.25) is 0 Å². The van der Waals surface area contributed by atoms with Crippen molar-refractivity contribution in [1.29, 1.82) is 0 Å². The van der Waals surface area contributed by atoms with Crippen LogP contribution >= 0.6 is 0 Å². The van der Waals surface area contributed by atoms with Gasteiger partial charge in [0.25, 0.3) is 0 Å². The molecule has 7 heteroatoms. The summed E-state index contributed by atoms with van der Waals surface area (Å²) in [6.07, 6.45) is 0.836. The molecule has 0 aromatic carbocycles. The molecule has 0 spiro atoms. The van der Waals surface area contributed by atoms with E-state index in [2.05, 4.69) is 4.18 Å². The summed E-state index contributed by atoms with van der Waals surface area (Å²) in [5, 5.41) is 0. The summed E-state index contributed by atoms with van der Waals surface area (Å²) in [6, 6.07) is 0. The van der Waals surface area contributed by atoms with E-state index in [9.17, 15) is 21.6 Å². The molecule has 1 saturated carbocycles. The van der Waals surface area contributed by atoms with Gasteiger partial charge < -0.3 is 0 Å². The first-order valence-electron chi connectivity index (χ1n) is 4.56. The Bertz CT molecular complexity index is 332. The van der Waals surface area contributed by atoms with E-state index in [1.54, 1.807) is 13.8 Å². The van der Waals surface area contributed by atoms with Crippen LogP contribution in [0, 0.1) is 5.41 Å². The van der Waals surface area contributed by atoms with Crippen molar-refractivity contribution in [2.24, 2.45) is 5.41 Å². The smallest absolute Gasteiger partial charge is 0.259 e. The molecule has 0 N–H and O–H groups in total. The highest BCUT2D eigenvalue weighted by atomic mass is 32.2. The molecule has 1 aliphatic rings. The number of hydrogen-bond donors (Lipinski definition) is 0. The van der Waals surface area contributed by atoms with Crippen molar-refractivity contribution in [3.05, 3.63) is 0 Å². The van der Waals surface area contributed by atoms with Gasteiger partial charge in [0.1, 0.15) is 0 Å². The summed E-state index contributed by atoms with van der Waals surface area (Å²) >= 11 is 0. The van der Waals surface area contributed by atoms with E-state index in [0.29, 0.717) is 19.3 Å². The molecule has 0 aliphatic heterocycles. The van der Waals surface area contributed by atoms with Crippen molar-refractivity contribution < 1.29 is 25.8 Å². The van der Waals surface area contributed by atoms with Crippen LogP contribution in [0.5, 0.6) is 0 Å². The van der Waals surface area contributed by atoms with Crippen LogP contribution in [-0.4, -0.2) is 20.0 Å². The topological polar surface area (TPSA) is 43.4 Å². The standard InChI is InChI=1S/C8H13F3O3S/c1-7(2)5-3-4-6(7)14-15(12,13)8(9,10)11/h6H,3-5H2,1-2H3. The van der Waals surface area contributed by atoms with E-state index in [4.69, 9.17) is 0 Å². The van der Waals surface area contributed by atoms with Gasteiger partial charge in [0.2, 0.25) is 0 Å². The molecule has 0 aromatic rings. The highest BCUT2D eigenvalue weighted by molar-refractivity contribution is 7.87. The minimum Gasteiger partial charge on any atom is -0.259 e. The maximum absolute atomic E-state index is 12.0. The second kappa shape index (κ2) is 3.62. The van der Waals surface area contributed by atoms with Crippen LogP contribution < -0.4 is 0 Å². The Morgan fingerprint density at radius 1 is 1.33 bits per heavy atom. The van der Waals surface area contributed by atoms with E-state index in [0.717, 1.165) is 0 Å². The minimum atomic E-state index is -5.45. The third kappa shape index (κ3) is 2.63.